The molecule has 0 saturated heterocycles. The number of hydrogen-bond acceptors (Lipinski definition) is 1. The van der Waals surface area contributed by atoms with Gasteiger partial charge in [0, 0.05) is 6.54 Å². The van der Waals surface area contributed by atoms with Gasteiger partial charge in [0.25, 0.3) is 0 Å². The van der Waals surface area contributed by atoms with Gasteiger partial charge in [-0.15, -0.1) is 0 Å². The van der Waals surface area contributed by atoms with Gasteiger partial charge in [-0.1, -0.05) is 50.8 Å². The lowest BCUT2D eigenvalue weighted by Crippen LogP contribution is -2.20. The third-order valence-corrected chi connectivity index (χ3v) is 5.36. The summed E-state index contributed by atoms with van der Waals surface area (Å²) in [5, 5.41) is 3.65. The molecule has 0 radical (unpaired) electrons. The van der Waals surface area contributed by atoms with Gasteiger partial charge in [0.15, 0.2) is 0 Å². The predicted octanol–water partition coefficient (Wildman–Crippen LogP) is 4.48. The Morgan fingerprint density at radius 2 is 1.85 bits per heavy atom. The van der Waals surface area contributed by atoms with Crippen molar-refractivity contribution in [3.8, 4) is 0 Å². The van der Waals surface area contributed by atoms with Crippen LogP contribution >= 0.6 is 0 Å². The van der Waals surface area contributed by atoms with Crippen molar-refractivity contribution in [1.29, 1.82) is 0 Å². The molecule has 2 aliphatic carbocycles. The van der Waals surface area contributed by atoms with Gasteiger partial charge >= 0.3 is 0 Å². The lowest BCUT2D eigenvalue weighted by Gasteiger charge is -2.26. The smallest absolute Gasteiger partial charge is 0.0205 e. The molecule has 0 bridgehead atoms. The maximum Gasteiger partial charge on any atom is 0.0205 e. The Hall–Kier alpha value is -0.820. The number of nitrogens with one attached hydrogen (secondary N) is 1. The van der Waals surface area contributed by atoms with E-state index in [1.807, 2.05) is 0 Å². The quantitative estimate of drug-likeness (QED) is 0.779. The average Bonchev–Trinajstić information content (AvgIpc) is 2.93. The van der Waals surface area contributed by atoms with Crippen LogP contribution in [0.4, 0.5) is 0 Å². The van der Waals surface area contributed by atoms with Crippen molar-refractivity contribution < 1.29 is 0 Å². The Bertz CT molecular complexity index is 429. The number of aryl methyl sites for hydroxylation is 2. The van der Waals surface area contributed by atoms with Crippen LogP contribution in [0.5, 0.6) is 0 Å². The van der Waals surface area contributed by atoms with Crippen molar-refractivity contribution in [3.05, 3.63) is 34.9 Å². The van der Waals surface area contributed by atoms with Crippen LogP contribution in [0.25, 0.3) is 0 Å². The summed E-state index contributed by atoms with van der Waals surface area (Å²) < 4.78 is 0. The molecule has 0 amide bonds. The van der Waals surface area contributed by atoms with Crippen LogP contribution in [0.1, 0.15) is 62.1 Å². The summed E-state index contributed by atoms with van der Waals surface area (Å²) in [5.41, 5.74) is 4.67. The van der Waals surface area contributed by atoms with E-state index in [-0.39, 0.29) is 0 Å². The molecule has 1 heteroatoms. The fourth-order valence-corrected chi connectivity index (χ4v) is 3.89. The number of hydrogen-bond donors (Lipinski definition) is 1. The SMILES string of the molecule is CC1CCC(CCNCc2ccc3c(c2)CCC3)CC1. The summed E-state index contributed by atoms with van der Waals surface area (Å²) in [5.74, 6) is 1.96. The van der Waals surface area contributed by atoms with Gasteiger partial charge in [-0.3, -0.25) is 0 Å². The summed E-state index contributed by atoms with van der Waals surface area (Å²) in [7, 11) is 0. The van der Waals surface area contributed by atoms with E-state index in [2.05, 4.69) is 30.4 Å². The van der Waals surface area contributed by atoms with E-state index in [1.165, 1.54) is 63.5 Å². The van der Waals surface area contributed by atoms with Crippen molar-refractivity contribution in [1.82, 2.24) is 5.32 Å². The Morgan fingerprint density at radius 3 is 2.70 bits per heavy atom. The van der Waals surface area contributed by atoms with Crippen molar-refractivity contribution in [3.63, 3.8) is 0 Å². The molecule has 0 heterocycles. The second-order valence-electron chi connectivity index (χ2n) is 7.05. The topological polar surface area (TPSA) is 12.0 Å². The first-order chi connectivity index (χ1) is 9.81. The number of benzene rings is 1. The first-order valence-corrected chi connectivity index (χ1v) is 8.62. The molecule has 1 fully saturated rings. The van der Waals surface area contributed by atoms with Crippen molar-refractivity contribution in [2.45, 2.75) is 64.8 Å². The van der Waals surface area contributed by atoms with E-state index < -0.39 is 0 Å². The Morgan fingerprint density at radius 1 is 1.05 bits per heavy atom. The molecule has 0 spiro atoms. The largest absolute Gasteiger partial charge is 0.313 e. The first kappa shape index (κ1) is 14.1. The average molecular weight is 271 g/mol. The fourth-order valence-electron chi connectivity index (χ4n) is 3.89. The number of fused-ring (bicyclic) bond motifs is 1. The van der Waals surface area contributed by atoms with E-state index >= 15 is 0 Å². The van der Waals surface area contributed by atoms with Crippen molar-refractivity contribution >= 4 is 0 Å². The van der Waals surface area contributed by atoms with Crippen LogP contribution in [0.2, 0.25) is 0 Å². The molecule has 1 nitrogen and oxygen atoms in total. The van der Waals surface area contributed by atoms with Crippen LogP contribution in [0.3, 0.4) is 0 Å². The van der Waals surface area contributed by atoms with Gasteiger partial charge in [0.2, 0.25) is 0 Å². The highest BCUT2D eigenvalue weighted by Gasteiger charge is 2.17. The fraction of sp³-hybridized carbons (Fsp3) is 0.684. The van der Waals surface area contributed by atoms with Crippen LogP contribution in [-0.2, 0) is 19.4 Å². The standard InChI is InChI=1S/C19H29N/c1-15-5-7-16(8-6-15)11-12-20-14-17-9-10-18-3-2-4-19(18)13-17/h9-10,13,15-16,20H,2-8,11-12,14H2,1H3. The minimum absolute atomic E-state index is 0.977. The van der Waals surface area contributed by atoms with E-state index in [0.717, 1.165) is 18.4 Å². The van der Waals surface area contributed by atoms with Gasteiger partial charge in [-0.2, -0.15) is 0 Å². The van der Waals surface area contributed by atoms with Gasteiger partial charge < -0.3 is 5.32 Å². The van der Waals surface area contributed by atoms with E-state index in [1.54, 1.807) is 11.1 Å². The summed E-state index contributed by atoms with van der Waals surface area (Å²) in [6.45, 7) is 4.65. The molecule has 110 valence electrons. The van der Waals surface area contributed by atoms with Crippen LogP contribution in [-0.4, -0.2) is 6.54 Å². The first-order valence-electron chi connectivity index (χ1n) is 8.62. The molecule has 0 atom stereocenters. The minimum atomic E-state index is 0.977. The van der Waals surface area contributed by atoms with Crippen LogP contribution < -0.4 is 5.32 Å². The van der Waals surface area contributed by atoms with Crippen molar-refractivity contribution in [2.75, 3.05) is 6.54 Å². The maximum absolute atomic E-state index is 3.65. The molecular formula is C19H29N. The van der Waals surface area contributed by atoms with Gasteiger partial charge in [0.1, 0.15) is 0 Å². The van der Waals surface area contributed by atoms with Crippen LogP contribution in [0.15, 0.2) is 18.2 Å². The zero-order valence-electron chi connectivity index (χ0n) is 13.0. The van der Waals surface area contributed by atoms with Gasteiger partial charge in [-0.25, -0.2) is 0 Å². The Kier molecular flexibility index (Phi) is 4.77. The monoisotopic (exact) mass is 271 g/mol. The van der Waals surface area contributed by atoms with E-state index in [9.17, 15) is 0 Å². The molecule has 1 aromatic carbocycles. The predicted molar refractivity (Wildman–Crippen MR) is 85.9 cm³/mol. The molecule has 1 N–H and O–H groups in total. The second-order valence-corrected chi connectivity index (χ2v) is 7.05. The molecular weight excluding hydrogens is 242 g/mol. The zero-order chi connectivity index (χ0) is 13.8. The third-order valence-electron chi connectivity index (χ3n) is 5.36. The molecule has 0 unspecified atom stereocenters. The highest BCUT2D eigenvalue weighted by molar-refractivity contribution is 5.35. The molecule has 1 saturated carbocycles. The second kappa shape index (κ2) is 6.76. The lowest BCUT2D eigenvalue weighted by atomic mass is 9.81. The molecule has 0 aliphatic heterocycles. The Balaban J connectivity index is 1.37. The zero-order valence-corrected chi connectivity index (χ0v) is 13.0. The van der Waals surface area contributed by atoms with Crippen LogP contribution in [0, 0.1) is 11.8 Å². The normalized spacial score (nSPS) is 25.6. The summed E-state index contributed by atoms with van der Waals surface area (Å²) in [4.78, 5) is 0. The molecule has 3 rings (SSSR count). The van der Waals surface area contributed by atoms with Crippen molar-refractivity contribution in [2.24, 2.45) is 11.8 Å². The highest BCUT2D eigenvalue weighted by Crippen LogP contribution is 2.30. The minimum Gasteiger partial charge on any atom is -0.313 e. The summed E-state index contributed by atoms with van der Waals surface area (Å²) >= 11 is 0. The molecule has 1 aromatic rings. The maximum atomic E-state index is 3.65. The molecule has 20 heavy (non-hydrogen) atoms. The lowest BCUT2D eigenvalue weighted by molar-refractivity contribution is 0.275. The summed E-state index contributed by atoms with van der Waals surface area (Å²) in [6.07, 6.45) is 11.1. The van der Waals surface area contributed by atoms with E-state index in [4.69, 9.17) is 0 Å². The Labute approximate surface area is 124 Å². The van der Waals surface area contributed by atoms with Gasteiger partial charge in [-0.05, 0) is 60.8 Å². The molecule has 2 aliphatic rings. The number of rotatable bonds is 5. The van der Waals surface area contributed by atoms with E-state index in [0.29, 0.717) is 0 Å². The third kappa shape index (κ3) is 3.63. The highest BCUT2D eigenvalue weighted by atomic mass is 14.8. The molecule has 0 aromatic heterocycles. The summed E-state index contributed by atoms with van der Waals surface area (Å²) in [6, 6.07) is 7.10. The van der Waals surface area contributed by atoms with Gasteiger partial charge in [0.05, 0.1) is 0 Å².